The zero-order chi connectivity index (χ0) is 14.6. The van der Waals surface area contributed by atoms with Crippen LogP contribution in [0.4, 0.5) is 0 Å². The Labute approximate surface area is 120 Å². The van der Waals surface area contributed by atoms with Gasteiger partial charge in [-0.1, -0.05) is 31.9 Å². The summed E-state index contributed by atoms with van der Waals surface area (Å²) in [6.07, 6.45) is 0.915. The average molecular weight is 305 g/mol. The van der Waals surface area contributed by atoms with E-state index in [2.05, 4.69) is 4.72 Å². The minimum Gasteiger partial charge on any atom is -0.326 e. The van der Waals surface area contributed by atoms with Gasteiger partial charge in [0.25, 0.3) is 0 Å². The Hall–Kier alpha value is -0.620. The van der Waals surface area contributed by atoms with Crippen LogP contribution < -0.4 is 10.5 Å². The van der Waals surface area contributed by atoms with E-state index in [4.69, 9.17) is 17.3 Å². The van der Waals surface area contributed by atoms with Crippen LogP contribution in [0.25, 0.3) is 0 Å². The largest absolute Gasteiger partial charge is 0.326 e. The van der Waals surface area contributed by atoms with Gasteiger partial charge in [-0.25, -0.2) is 13.1 Å². The number of nitrogens with two attached hydrogens (primary N) is 1. The quantitative estimate of drug-likeness (QED) is 0.848. The monoisotopic (exact) mass is 304 g/mol. The van der Waals surface area contributed by atoms with Gasteiger partial charge in [-0.05, 0) is 36.6 Å². The molecule has 3 N–H and O–H groups in total. The lowest BCUT2D eigenvalue weighted by Gasteiger charge is -2.20. The second-order valence-electron chi connectivity index (χ2n) is 4.75. The van der Waals surface area contributed by atoms with Crippen molar-refractivity contribution in [2.75, 3.05) is 0 Å². The van der Waals surface area contributed by atoms with E-state index >= 15 is 0 Å². The average Bonchev–Trinajstić information content (AvgIpc) is 2.37. The van der Waals surface area contributed by atoms with Crippen molar-refractivity contribution in [2.24, 2.45) is 11.7 Å². The molecule has 0 aliphatic carbocycles. The molecule has 6 heteroatoms. The van der Waals surface area contributed by atoms with E-state index in [1.54, 1.807) is 6.07 Å². The molecule has 0 fully saturated rings. The molecular weight excluding hydrogens is 284 g/mol. The Kier molecular flexibility index (Phi) is 5.80. The van der Waals surface area contributed by atoms with Gasteiger partial charge in [0.05, 0.1) is 4.90 Å². The number of rotatable bonds is 6. The third-order valence-corrected chi connectivity index (χ3v) is 5.31. The minimum absolute atomic E-state index is 0.119. The number of benzene rings is 1. The minimum atomic E-state index is -3.53. The summed E-state index contributed by atoms with van der Waals surface area (Å²) in [6.45, 7) is 6.12. The topological polar surface area (TPSA) is 72.2 Å². The molecule has 1 aromatic carbocycles. The van der Waals surface area contributed by atoms with Gasteiger partial charge in [0.1, 0.15) is 0 Å². The lowest BCUT2D eigenvalue weighted by molar-refractivity contribution is 0.434. The van der Waals surface area contributed by atoms with Crippen molar-refractivity contribution in [3.8, 4) is 0 Å². The molecule has 1 rings (SSSR count). The number of nitrogens with one attached hydrogen (secondary N) is 1. The second kappa shape index (κ2) is 6.70. The van der Waals surface area contributed by atoms with Crippen LogP contribution in [0.2, 0.25) is 5.02 Å². The van der Waals surface area contributed by atoms with Crippen molar-refractivity contribution in [1.82, 2.24) is 4.72 Å². The first-order valence-electron chi connectivity index (χ1n) is 6.32. The van der Waals surface area contributed by atoms with Crippen LogP contribution in [0.1, 0.15) is 32.8 Å². The maximum atomic E-state index is 12.2. The predicted octanol–water partition coefficient (Wildman–Crippen LogP) is 2.51. The van der Waals surface area contributed by atoms with Crippen LogP contribution in [0.15, 0.2) is 23.1 Å². The summed E-state index contributed by atoms with van der Waals surface area (Å²) < 4.78 is 27.2. The second-order valence-corrected chi connectivity index (χ2v) is 6.87. The fraction of sp³-hybridized carbons (Fsp3) is 0.538. The van der Waals surface area contributed by atoms with Crippen molar-refractivity contribution >= 4 is 21.6 Å². The molecule has 0 saturated heterocycles. The normalized spacial score (nSPS) is 15.2. The number of halogens is 1. The molecule has 0 amide bonds. The molecule has 2 unspecified atom stereocenters. The Morgan fingerprint density at radius 2 is 2.00 bits per heavy atom. The molecule has 0 spiro atoms. The summed E-state index contributed by atoms with van der Waals surface area (Å²) >= 11 is 5.93. The molecule has 0 aromatic heterocycles. The Balaban J connectivity index is 3.01. The standard InChI is InChI=1S/C13H21ClN2O2S/c1-4-9(2)10(3)16-19(17,18)12-5-6-13(14)11(7-12)8-15/h5-7,9-10,16H,4,8,15H2,1-3H3. The van der Waals surface area contributed by atoms with E-state index < -0.39 is 10.0 Å². The van der Waals surface area contributed by atoms with Crippen molar-refractivity contribution in [2.45, 2.75) is 44.7 Å². The first-order valence-corrected chi connectivity index (χ1v) is 8.18. The van der Waals surface area contributed by atoms with E-state index in [1.807, 2.05) is 20.8 Å². The highest BCUT2D eigenvalue weighted by atomic mass is 35.5. The molecule has 1 aromatic rings. The highest BCUT2D eigenvalue weighted by molar-refractivity contribution is 7.89. The highest BCUT2D eigenvalue weighted by Gasteiger charge is 2.21. The smallest absolute Gasteiger partial charge is 0.240 e. The van der Waals surface area contributed by atoms with Gasteiger partial charge >= 0.3 is 0 Å². The Bertz CT molecular complexity index is 531. The molecule has 0 saturated carbocycles. The van der Waals surface area contributed by atoms with Gasteiger partial charge in [-0.2, -0.15) is 0 Å². The molecule has 19 heavy (non-hydrogen) atoms. The van der Waals surface area contributed by atoms with Crippen LogP contribution in [0.5, 0.6) is 0 Å². The number of sulfonamides is 1. The van der Waals surface area contributed by atoms with E-state index in [1.165, 1.54) is 12.1 Å². The lowest BCUT2D eigenvalue weighted by Crippen LogP contribution is -2.36. The summed E-state index contributed by atoms with van der Waals surface area (Å²) in [5.41, 5.74) is 6.16. The van der Waals surface area contributed by atoms with Gasteiger partial charge < -0.3 is 5.73 Å². The molecule has 0 bridgehead atoms. The zero-order valence-corrected chi connectivity index (χ0v) is 13.1. The molecule has 0 heterocycles. The summed E-state index contributed by atoms with van der Waals surface area (Å²) in [4.78, 5) is 0.201. The summed E-state index contributed by atoms with van der Waals surface area (Å²) in [5.74, 6) is 0.274. The molecule has 0 aliphatic rings. The van der Waals surface area contributed by atoms with Crippen LogP contribution in [-0.2, 0) is 16.6 Å². The van der Waals surface area contributed by atoms with Crippen LogP contribution in [0, 0.1) is 5.92 Å². The fourth-order valence-corrected chi connectivity index (χ4v) is 3.25. The van der Waals surface area contributed by atoms with Crippen molar-refractivity contribution < 1.29 is 8.42 Å². The summed E-state index contributed by atoms with van der Waals surface area (Å²) in [5, 5.41) is 0.483. The molecule has 0 aliphatic heterocycles. The molecule has 2 atom stereocenters. The van der Waals surface area contributed by atoms with Crippen molar-refractivity contribution in [3.05, 3.63) is 28.8 Å². The highest BCUT2D eigenvalue weighted by Crippen LogP contribution is 2.21. The molecular formula is C13H21ClN2O2S. The lowest BCUT2D eigenvalue weighted by atomic mass is 10.0. The Morgan fingerprint density at radius 1 is 1.37 bits per heavy atom. The van der Waals surface area contributed by atoms with Crippen molar-refractivity contribution in [1.29, 1.82) is 0 Å². The third-order valence-electron chi connectivity index (χ3n) is 3.39. The first-order chi connectivity index (χ1) is 8.81. The summed E-state index contributed by atoms with van der Waals surface area (Å²) in [7, 11) is -3.53. The van der Waals surface area contributed by atoms with Gasteiger partial charge in [0, 0.05) is 17.6 Å². The maximum absolute atomic E-state index is 12.2. The van der Waals surface area contributed by atoms with E-state index in [0.29, 0.717) is 10.6 Å². The predicted molar refractivity (Wildman–Crippen MR) is 78.6 cm³/mol. The number of hydrogen-bond donors (Lipinski definition) is 2. The van der Waals surface area contributed by atoms with Gasteiger partial charge in [0.15, 0.2) is 0 Å². The van der Waals surface area contributed by atoms with Crippen LogP contribution >= 0.6 is 11.6 Å². The van der Waals surface area contributed by atoms with E-state index in [-0.39, 0.29) is 23.4 Å². The number of hydrogen-bond acceptors (Lipinski definition) is 3. The van der Waals surface area contributed by atoms with Gasteiger partial charge in [0.2, 0.25) is 10.0 Å². The van der Waals surface area contributed by atoms with Crippen LogP contribution in [0.3, 0.4) is 0 Å². The van der Waals surface area contributed by atoms with Gasteiger partial charge in [-0.15, -0.1) is 0 Å². The third kappa shape index (κ3) is 4.18. The van der Waals surface area contributed by atoms with Crippen LogP contribution in [-0.4, -0.2) is 14.5 Å². The molecule has 4 nitrogen and oxygen atoms in total. The Morgan fingerprint density at radius 3 is 2.53 bits per heavy atom. The van der Waals surface area contributed by atoms with Gasteiger partial charge in [-0.3, -0.25) is 0 Å². The van der Waals surface area contributed by atoms with Crippen molar-refractivity contribution in [3.63, 3.8) is 0 Å². The zero-order valence-electron chi connectivity index (χ0n) is 11.5. The summed E-state index contributed by atoms with van der Waals surface area (Å²) in [6, 6.07) is 4.46. The SMILES string of the molecule is CCC(C)C(C)NS(=O)(=O)c1ccc(Cl)c(CN)c1. The maximum Gasteiger partial charge on any atom is 0.240 e. The first kappa shape index (κ1) is 16.4. The molecule has 0 radical (unpaired) electrons. The molecule has 108 valence electrons. The fourth-order valence-electron chi connectivity index (χ4n) is 1.66. The van der Waals surface area contributed by atoms with E-state index in [9.17, 15) is 8.42 Å². The van der Waals surface area contributed by atoms with E-state index in [0.717, 1.165) is 6.42 Å².